The highest BCUT2D eigenvalue weighted by Crippen LogP contribution is 2.35. The number of alkyl halides is 6. The Morgan fingerprint density at radius 2 is 1.00 bits per heavy atom. The minimum atomic E-state index is -3.84. The van der Waals surface area contributed by atoms with Crippen LogP contribution in [0.1, 0.15) is 11.5 Å². The van der Waals surface area contributed by atoms with Crippen LogP contribution < -0.4 is 10.9 Å². The van der Waals surface area contributed by atoms with E-state index in [1.165, 1.54) is 36.4 Å². The monoisotopic (exact) mass is 458 g/mol. The summed E-state index contributed by atoms with van der Waals surface area (Å²) in [6.45, 7) is 0. The fraction of sp³-hybridized carbons (Fsp3) is 0.100. The van der Waals surface area contributed by atoms with Crippen molar-refractivity contribution < 1.29 is 26.4 Å². The van der Waals surface area contributed by atoms with Crippen molar-refractivity contribution in [1.29, 1.82) is 0 Å². The Bertz CT molecular complexity index is 1310. The molecule has 4 aromatic rings. The van der Waals surface area contributed by atoms with Crippen LogP contribution in [-0.2, 0) is 10.8 Å². The lowest BCUT2D eigenvalue weighted by atomic mass is 10.0. The average Bonchev–Trinajstić information content (AvgIpc) is 2.66. The van der Waals surface area contributed by atoms with E-state index >= 15 is 0 Å². The van der Waals surface area contributed by atoms with Crippen LogP contribution >= 0.6 is 23.2 Å². The molecule has 2 heterocycles. The third kappa shape index (κ3) is 3.68. The van der Waals surface area contributed by atoms with Crippen LogP contribution in [0.4, 0.5) is 17.6 Å². The van der Waals surface area contributed by atoms with Gasteiger partial charge in [0.15, 0.2) is 22.4 Å². The van der Waals surface area contributed by atoms with Crippen molar-refractivity contribution in [3.05, 3.63) is 80.5 Å². The van der Waals surface area contributed by atoms with Crippen LogP contribution in [0.25, 0.3) is 33.1 Å². The van der Waals surface area contributed by atoms with E-state index in [2.05, 4.69) is 0 Å². The van der Waals surface area contributed by atoms with E-state index in [9.17, 15) is 27.2 Å². The lowest BCUT2D eigenvalue weighted by molar-refractivity contribution is 0.0685. The molecule has 10 heteroatoms. The van der Waals surface area contributed by atoms with Gasteiger partial charge in [-0.25, -0.2) is 0 Å². The molecule has 0 fully saturated rings. The summed E-state index contributed by atoms with van der Waals surface area (Å²) in [7, 11) is 0. The lowest BCUT2D eigenvalue weighted by Crippen LogP contribution is -2.10. The number of rotatable bonds is 3. The fourth-order valence-corrected chi connectivity index (χ4v) is 3.14. The molecule has 0 aliphatic heterocycles. The summed E-state index contributed by atoms with van der Waals surface area (Å²) < 4.78 is 62.9. The van der Waals surface area contributed by atoms with Crippen molar-refractivity contribution in [1.82, 2.24) is 0 Å². The summed E-state index contributed by atoms with van der Waals surface area (Å²) >= 11 is 9.82. The third-order valence-corrected chi connectivity index (χ3v) is 4.72. The van der Waals surface area contributed by atoms with Crippen LogP contribution in [0.15, 0.2) is 67.0 Å². The SMILES string of the molecule is O=c1cc(C(F)(F)Cl)oc2ccc(-c3ccc4oc(C(F)(F)Cl)cc(=O)c4c3)cc12. The zero-order valence-electron chi connectivity index (χ0n) is 14.5. The molecule has 0 radical (unpaired) electrons. The van der Waals surface area contributed by atoms with Gasteiger partial charge in [-0.15, -0.1) is 0 Å². The van der Waals surface area contributed by atoms with Gasteiger partial charge in [0.2, 0.25) is 0 Å². The molecule has 4 nitrogen and oxygen atoms in total. The van der Waals surface area contributed by atoms with Crippen molar-refractivity contribution in [3.8, 4) is 11.1 Å². The Kier molecular flexibility index (Phi) is 4.67. The molecule has 0 unspecified atom stereocenters. The van der Waals surface area contributed by atoms with Crippen LogP contribution in [0, 0.1) is 0 Å². The van der Waals surface area contributed by atoms with Crippen molar-refractivity contribution in [2.45, 2.75) is 10.8 Å². The zero-order chi connectivity index (χ0) is 21.8. The quantitative estimate of drug-likeness (QED) is 0.273. The number of hydrogen-bond acceptors (Lipinski definition) is 4. The molecule has 4 rings (SSSR count). The largest absolute Gasteiger partial charge is 0.453 e. The molecule has 0 N–H and O–H groups in total. The lowest BCUT2D eigenvalue weighted by Gasteiger charge is -2.10. The fourth-order valence-electron chi connectivity index (χ4n) is 2.95. The molecule has 0 atom stereocenters. The minimum absolute atomic E-state index is 0.0152. The first kappa shape index (κ1) is 20.4. The summed E-state index contributed by atoms with van der Waals surface area (Å²) in [6, 6.07) is 9.55. The van der Waals surface area contributed by atoms with Crippen LogP contribution in [0.5, 0.6) is 0 Å². The maximum atomic E-state index is 13.2. The molecule has 0 saturated heterocycles. The minimum Gasteiger partial charge on any atom is -0.453 e. The van der Waals surface area contributed by atoms with Gasteiger partial charge in [-0.2, -0.15) is 17.6 Å². The van der Waals surface area contributed by atoms with Gasteiger partial charge in [0, 0.05) is 12.1 Å². The Hall–Kier alpha value is -2.84. The van der Waals surface area contributed by atoms with Crippen LogP contribution in [0.3, 0.4) is 0 Å². The van der Waals surface area contributed by atoms with E-state index in [-0.39, 0.29) is 21.9 Å². The topological polar surface area (TPSA) is 60.4 Å². The maximum Gasteiger partial charge on any atom is 0.379 e. The summed E-state index contributed by atoms with van der Waals surface area (Å²) in [5.41, 5.74) is -0.765. The van der Waals surface area contributed by atoms with E-state index in [0.29, 0.717) is 23.3 Å². The highest BCUT2D eigenvalue weighted by molar-refractivity contribution is 6.21. The van der Waals surface area contributed by atoms with E-state index in [1.807, 2.05) is 0 Å². The normalized spacial score (nSPS) is 12.6. The standard InChI is InChI=1S/C20H8Cl2F4O4/c21-19(23,24)17-7-13(27)11-5-9(1-3-15(11)29-17)10-2-4-16-12(6-10)14(28)8-18(30-16)20(22,25)26/h1-8H. The van der Waals surface area contributed by atoms with E-state index < -0.39 is 33.1 Å². The van der Waals surface area contributed by atoms with Gasteiger partial charge in [0.05, 0.1) is 10.8 Å². The molecule has 2 aromatic heterocycles. The molecule has 0 aliphatic carbocycles. The number of fused-ring (bicyclic) bond motifs is 2. The smallest absolute Gasteiger partial charge is 0.379 e. The molecular weight excluding hydrogens is 451 g/mol. The van der Waals surface area contributed by atoms with Gasteiger partial charge < -0.3 is 8.83 Å². The molecule has 0 aliphatic rings. The molecule has 0 spiro atoms. The Morgan fingerprint density at radius 3 is 1.33 bits per heavy atom. The maximum absolute atomic E-state index is 13.2. The molecule has 2 aromatic carbocycles. The van der Waals surface area contributed by atoms with Crippen LogP contribution in [-0.4, -0.2) is 0 Å². The van der Waals surface area contributed by atoms with Gasteiger partial charge in [0.25, 0.3) is 0 Å². The molecule has 0 amide bonds. The predicted octanol–water partition coefficient (Wildman–Crippen LogP) is 6.14. The first-order chi connectivity index (χ1) is 13.9. The summed E-state index contributed by atoms with van der Waals surface area (Å²) in [5, 5.41) is -7.64. The Labute approximate surface area is 174 Å². The van der Waals surface area contributed by atoms with Gasteiger partial charge in [-0.3, -0.25) is 9.59 Å². The predicted molar refractivity (Wildman–Crippen MR) is 103 cm³/mol. The summed E-state index contributed by atoms with van der Waals surface area (Å²) in [6.07, 6.45) is 0. The highest BCUT2D eigenvalue weighted by atomic mass is 35.5. The van der Waals surface area contributed by atoms with Crippen molar-refractivity contribution in [2.24, 2.45) is 0 Å². The van der Waals surface area contributed by atoms with Gasteiger partial charge >= 0.3 is 10.8 Å². The van der Waals surface area contributed by atoms with Gasteiger partial charge in [-0.05, 0) is 58.6 Å². The molecule has 30 heavy (non-hydrogen) atoms. The molecule has 0 bridgehead atoms. The van der Waals surface area contributed by atoms with E-state index in [0.717, 1.165) is 0 Å². The summed E-state index contributed by atoms with van der Waals surface area (Å²) in [4.78, 5) is 24.5. The third-order valence-electron chi connectivity index (χ3n) is 4.35. The van der Waals surface area contributed by atoms with Crippen molar-refractivity contribution in [2.75, 3.05) is 0 Å². The van der Waals surface area contributed by atoms with Crippen molar-refractivity contribution in [3.63, 3.8) is 0 Å². The van der Waals surface area contributed by atoms with Crippen molar-refractivity contribution >= 4 is 45.1 Å². The number of benzene rings is 2. The number of hydrogen-bond donors (Lipinski definition) is 0. The average molecular weight is 459 g/mol. The van der Waals surface area contributed by atoms with Gasteiger partial charge in [-0.1, -0.05) is 12.1 Å². The second-order valence-corrected chi connectivity index (χ2v) is 7.32. The highest BCUT2D eigenvalue weighted by Gasteiger charge is 2.33. The second kappa shape index (κ2) is 6.85. The first-order valence-electron chi connectivity index (χ1n) is 8.24. The molecule has 0 saturated carbocycles. The van der Waals surface area contributed by atoms with E-state index in [1.54, 1.807) is 0 Å². The van der Waals surface area contributed by atoms with Gasteiger partial charge in [0.1, 0.15) is 11.2 Å². The number of halogens is 6. The first-order valence-corrected chi connectivity index (χ1v) is 9.00. The Balaban J connectivity index is 1.86. The zero-order valence-corrected chi connectivity index (χ0v) is 16.0. The van der Waals surface area contributed by atoms with Crippen LogP contribution in [0.2, 0.25) is 0 Å². The Morgan fingerprint density at radius 1 is 0.633 bits per heavy atom. The molecular formula is C20H8Cl2F4O4. The second-order valence-electron chi connectivity index (χ2n) is 6.37. The van der Waals surface area contributed by atoms with E-state index in [4.69, 9.17) is 32.0 Å². The molecule has 154 valence electrons. The summed E-state index contributed by atoms with van der Waals surface area (Å²) in [5.74, 6) is -1.96.